The van der Waals surface area contributed by atoms with Gasteiger partial charge < -0.3 is 9.88 Å². The highest BCUT2D eigenvalue weighted by atomic mass is 15.1. The largest absolute Gasteiger partial charge is 0.354 e. The summed E-state index contributed by atoms with van der Waals surface area (Å²) >= 11 is 0. The molecule has 1 aliphatic carbocycles. The molecule has 6 aromatic carbocycles. The van der Waals surface area contributed by atoms with Crippen molar-refractivity contribution in [2.45, 2.75) is 26.2 Å². The van der Waals surface area contributed by atoms with E-state index in [0.29, 0.717) is 0 Å². The van der Waals surface area contributed by atoms with Gasteiger partial charge in [0.1, 0.15) is 0 Å². The number of H-pyrrole nitrogens is 1. The second-order valence-electron chi connectivity index (χ2n) is 11.6. The van der Waals surface area contributed by atoms with E-state index in [1.54, 1.807) is 0 Å². The van der Waals surface area contributed by atoms with Gasteiger partial charge in [-0.25, -0.2) is 0 Å². The number of fused-ring (bicyclic) bond motifs is 8. The zero-order chi connectivity index (χ0) is 27.0. The smallest absolute Gasteiger partial charge is 0.0562 e. The highest BCUT2D eigenvalue weighted by Gasteiger charge is 2.38. The topological polar surface area (TPSA) is 19.0 Å². The van der Waals surface area contributed by atoms with Gasteiger partial charge in [-0.2, -0.15) is 0 Å². The Morgan fingerprint density at radius 1 is 0.575 bits per heavy atom. The van der Waals surface area contributed by atoms with E-state index in [4.69, 9.17) is 0 Å². The molecule has 2 nitrogen and oxygen atoms in total. The van der Waals surface area contributed by atoms with Gasteiger partial charge in [0, 0.05) is 38.3 Å². The Labute approximate surface area is 234 Å². The van der Waals surface area contributed by atoms with Gasteiger partial charge in [-0.1, -0.05) is 104 Å². The lowest BCUT2D eigenvalue weighted by molar-refractivity contribution is 0.660. The Kier molecular flexibility index (Phi) is 4.82. The number of aromatic nitrogens is 1. The van der Waals surface area contributed by atoms with Crippen LogP contribution in [0.5, 0.6) is 0 Å². The summed E-state index contributed by atoms with van der Waals surface area (Å²) in [6.45, 7) is 6.95. The van der Waals surface area contributed by atoms with Gasteiger partial charge in [0.15, 0.2) is 0 Å². The lowest BCUT2D eigenvalue weighted by Crippen LogP contribution is -2.17. The Morgan fingerprint density at radius 3 is 2.10 bits per heavy atom. The molecule has 1 N–H and O–H groups in total. The number of benzene rings is 6. The lowest BCUT2D eigenvalue weighted by Gasteiger charge is -2.30. The summed E-state index contributed by atoms with van der Waals surface area (Å²) in [6.07, 6.45) is 0. The molecule has 0 saturated carbocycles. The monoisotopic (exact) mass is 514 g/mol. The van der Waals surface area contributed by atoms with Crippen LogP contribution in [0.25, 0.3) is 43.7 Å². The van der Waals surface area contributed by atoms with Crippen LogP contribution in [-0.4, -0.2) is 4.98 Å². The van der Waals surface area contributed by atoms with Crippen molar-refractivity contribution in [3.63, 3.8) is 0 Å². The van der Waals surface area contributed by atoms with Gasteiger partial charge in [0.25, 0.3) is 0 Å². The van der Waals surface area contributed by atoms with Gasteiger partial charge in [0.2, 0.25) is 0 Å². The predicted molar refractivity (Wildman–Crippen MR) is 170 cm³/mol. The van der Waals surface area contributed by atoms with E-state index in [1.165, 1.54) is 60.7 Å². The van der Waals surface area contributed by atoms with Crippen LogP contribution < -0.4 is 4.90 Å². The standard InChI is InChI=1S/C38H30N2/c1-24-20-21-28-30(22-24)38(2,3)31-23-35(26-14-7-8-15-27(26)36(28)31)40(25-12-5-4-6-13-25)34-19-11-18-33-37(34)29-16-9-10-17-32(29)39-33/h4-23,39H,1-3H3. The van der Waals surface area contributed by atoms with Gasteiger partial charge in [0.05, 0.1) is 11.4 Å². The van der Waals surface area contributed by atoms with Crippen molar-refractivity contribution in [2.75, 3.05) is 4.90 Å². The van der Waals surface area contributed by atoms with Gasteiger partial charge in [-0.3, -0.25) is 0 Å². The van der Waals surface area contributed by atoms with E-state index in [0.717, 1.165) is 16.7 Å². The maximum Gasteiger partial charge on any atom is 0.0562 e. The molecule has 40 heavy (non-hydrogen) atoms. The van der Waals surface area contributed by atoms with Crippen LogP contribution in [0.2, 0.25) is 0 Å². The van der Waals surface area contributed by atoms with Crippen molar-refractivity contribution in [3.8, 4) is 11.1 Å². The van der Waals surface area contributed by atoms with Crippen LogP contribution in [0.3, 0.4) is 0 Å². The minimum Gasteiger partial charge on any atom is -0.354 e. The van der Waals surface area contributed by atoms with Gasteiger partial charge in [-0.15, -0.1) is 0 Å². The van der Waals surface area contributed by atoms with Gasteiger partial charge >= 0.3 is 0 Å². The normalized spacial score (nSPS) is 13.6. The fourth-order valence-corrected chi connectivity index (χ4v) is 6.92. The highest BCUT2D eigenvalue weighted by molar-refractivity contribution is 6.17. The molecule has 0 bridgehead atoms. The number of anilines is 3. The molecule has 0 spiro atoms. The second kappa shape index (κ2) is 8.34. The van der Waals surface area contributed by atoms with E-state index in [9.17, 15) is 0 Å². The first-order valence-corrected chi connectivity index (χ1v) is 14.0. The number of aromatic amines is 1. The summed E-state index contributed by atoms with van der Waals surface area (Å²) in [5, 5.41) is 5.04. The summed E-state index contributed by atoms with van der Waals surface area (Å²) in [5.74, 6) is 0. The Morgan fingerprint density at radius 2 is 1.27 bits per heavy atom. The zero-order valence-electron chi connectivity index (χ0n) is 23.0. The van der Waals surface area contributed by atoms with Crippen LogP contribution in [0.1, 0.15) is 30.5 Å². The average molecular weight is 515 g/mol. The highest BCUT2D eigenvalue weighted by Crippen LogP contribution is 2.55. The first-order chi connectivity index (χ1) is 19.5. The predicted octanol–water partition coefficient (Wildman–Crippen LogP) is 10.6. The third kappa shape index (κ3) is 3.17. The molecule has 1 aliphatic rings. The van der Waals surface area contributed by atoms with Crippen molar-refractivity contribution in [1.82, 2.24) is 4.98 Å². The Balaban J connectivity index is 1.50. The fourth-order valence-electron chi connectivity index (χ4n) is 6.92. The molecule has 1 aromatic heterocycles. The number of para-hydroxylation sites is 2. The molecule has 0 atom stereocenters. The maximum absolute atomic E-state index is 3.66. The van der Waals surface area contributed by atoms with Crippen molar-refractivity contribution >= 4 is 49.6 Å². The summed E-state index contributed by atoms with van der Waals surface area (Å²) in [6, 6.07) is 44.4. The molecular formula is C38H30N2. The summed E-state index contributed by atoms with van der Waals surface area (Å²) in [7, 11) is 0. The molecule has 0 aliphatic heterocycles. The summed E-state index contributed by atoms with van der Waals surface area (Å²) in [4.78, 5) is 6.13. The molecule has 8 rings (SSSR count). The number of rotatable bonds is 3. The first kappa shape index (κ1) is 23.1. The maximum atomic E-state index is 3.66. The van der Waals surface area contributed by atoms with E-state index in [2.05, 4.69) is 152 Å². The molecule has 1 heterocycles. The lowest BCUT2D eigenvalue weighted by atomic mass is 9.81. The van der Waals surface area contributed by atoms with E-state index < -0.39 is 0 Å². The average Bonchev–Trinajstić information content (AvgIpc) is 3.47. The molecule has 192 valence electrons. The quantitative estimate of drug-likeness (QED) is 0.248. The minimum atomic E-state index is -0.107. The SMILES string of the molecule is Cc1ccc2c(c1)C(C)(C)c1cc(N(c3ccccc3)c3cccc4[nH]c5ccccc5c34)c3ccccc3c1-2. The van der Waals surface area contributed by atoms with Crippen molar-refractivity contribution in [2.24, 2.45) is 0 Å². The summed E-state index contributed by atoms with van der Waals surface area (Å²) < 4.78 is 0. The number of hydrogen-bond donors (Lipinski definition) is 1. The zero-order valence-corrected chi connectivity index (χ0v) is 23.0. The third-order valence-corrected chi connectivity index (χ3v) is 8.82. The van der Waals surface area contributed by atoms with Gasteiger partial charge in [-0.05, 0) is 71.0 Å². The number of hydrogen-bond acceptors (Lipinski definition) is 1. The minimum absolute atomic E-state index is 0.107. The summed E-state index contributed by atoms with van der Waals surface area (Å²) in [5.41, 5.74) is 12.6. The molecule has 0 unspecified atom stereocenters. The number of aryl methyl sites for hydroxylation is 1. The Hall–Kier alpha value is -4.82. The first-order valence-electron chi connectivity index (χ1n) is 14.0. The molecule has 0 amide bonds. The van der Waals surface area contributed by atoms with Crippen molar-refractivity contribution in [3.05, 3.63) is 138 Å². The molecule has 0 saturated heterocycles. The third-order valence-electron chi connectivity index (χ3n) is 8.82. The van der Waals surface area contributed by atoms with Crippen molar-refractivity contribution < 1.29 is 0 Å². The molecular weight excluding hydrogens is 484 g/mol. The molecule has 7 aromatic rings. The number of nitrogens with zero attached hydrogens (tertiary/aromatic N) is 1. The van der Waals surface area contributed by atoms with Crippen LogP contribution in [0.4, 0.5) is 17.1 Å². The Bertz CT molecular complexity index is 2100. The van der Waals surface area contributed by atoms with E-state index >= 15 is 0 Å². The van der Waals surface area contributed by atoms with Crippen LogP contribution in [-0.2, 0) is 5.41 Å². The van der Waals surface area contributed by atoms with E-state index in [1.807, 2.05) is 0 Å². The van der Waals surface area contributed by atoms with Crippen LogP contribution in [0, 0.1) is 6.92 Å². The molecule has 0 fully saturated rings. The number of nitrogens with one attached hydrogen (secondary N) is 1. The van der Waals surface area contributed by atoms with Crippen LogP contribution in [0.15, 0.2) is 121 Å². The van der Waals surface area contributed by atoms with Crippen molar-refractivity contribution in [1.29, 1.82) is 0 Å². The molecule has 0 radical (unpaired) electrons. The van der Waals surface area contributed by atoms with Crippen LogP contribution >= 0.6 is 0 Å². The van der Waals surface area contributed by atoms with E-state index in [-0.39, 0.29) is 5.41 Å². The second-order valence-corrected chi connectivity index (χ2v) is 11.6. The molecule has 2 heteroatoms. The fraction of sp³-hybridized carbons (Fsp3) is 0.105.